The van der Waals surface area contributed by atoms with Gasteiger partial charge in [-0.3, -0.25) is 9.78 Å². The third kappa shape index (κ3) is 4.67. The zero-order chi connectivity index (χ0) is 19.2. The first-order chi connectivity index (χ1) is 13.1. The maximum atomic E-state index is 12.4. The smallest absolute Gasteiger partial charge is 0.234 e. The number of aromatic nitrogens is 4. The van der Waals surface area contributed by atoms with Gasteiger partial charge in [0.05, 0.1) is 5.75 Å². The van der Waals surface area contributed by atoms with Crippen molar-refractivity contribution in [1.82, 2.24) is 19.7 Å². The Hall–Kier alpha value is -2.38. The molecule has 0 saturated heterocycles. The summed E-state index contributed by atoms with van der Waals surface area (Å²) in [6.45, 7) is 4.74. The number of nitrogens with zero attached hydrogens (tertiary/aromatic N) is 4. The fourth-order valence-corrected chi connectivity index (χ4v) is 3.53. The van der Waals surface area contributed by atoms with E-state index in [2.05, 4.69) is 27.4 Å². The fourth-order valence-electron chi connectivity index (χ4n) is 2.59. The molecule has 0 aliphatic heterocycles. The van der Waals surface area contributed by atoms with Crippen molar-refractivity contribution in [3.8, 4) is 11.4 Å². The molecule has 140 valence electrons. The summed E-state index contributed by atoms with van der Waals surface area (Å²) >= 11 is 7.47. The van der Waals surface area contributed by atoms with Crippen LogP contribution in [-0.2, 0) is 11.3 Å². The second kappa shape index (κ2) is 9.01. The summed E-state index contributed by atoms with van der Waals surface area (Å²) in [5.74, 6) is 0.888. The molecule has 0 unspecified atom stereocenters. The molecule has 8 heteroatoms. The quantitative estimate of drug-likeness (QED) is 0.592. The first-order valence-electron chi connectivity index (χ1n) is 8.61. The summed E-state index contributed by atoms with van der Waals surface area (Å²) in [5, 5.41) is 12.8. The Balaban J connectivity index is 1.71. The van der Waals surface area contributed by atoms with E-state index in [0.29, 0.717) is 10.2 Å². The van der Waals surface area contributed by atoms with E-state index in [9.17, 15) is 4.79 Å². The van der Waals surface area contributed by atoms with Crippen molar-refractivity contribution >= 4 is 35.0 Å². The van der Waals surface area contributed by atoms with Gasteiger partial charge in [0.15, 0.2) is 11.0 Å². The number of hydrogen-bond donors (Lipinski definition) is 1. The zero-order valence-electron chi connectivity index (χ0n) is 15.1. The molecule has 1 aromatic carbocycles. The van der Waals surface area contributed by atoms with Gasteiger partial charge in [-0.2, -0.15) is 0 Å². The number of thioether (sulfide) groups is 1. The molecule has 2 aromatic heterocycles. The predicted octanol–water partition coefficient (Wildman–Crippen LogP) is 4.44. The number of carbonyl (C=O) groups excluding carboxylic acids is 1. The molecular formula is C19H20ClN5OS. The Morgan fingerprint density at radius 1 is 1.26 bits per heavy atom. The van der Waals surface area contributed by atoms with Crippen LogP contribution in [0, 0.1) is 6.92 Å². The summed E-state index contributed by atoms with van der Waals surface area (Å²) in [6, 6.07) is 9.27. The van der Waals surface area contributed by atoms with E-state index in [-0.39, 0.29) is 11.7 Å². The Labute approximate surface area is 167 Å². The molecule has 0 aliphatic rings. The number of rotatable bonds is 7. The summed E-state index contributed by atoms with van der Waals surface area (Å²) in [7, 11) is 0. The lowest BCUT2D eigenvalue weighted by atomic mass is 10.2. The third-order valence-corrected chi connectivity index (χ3v) is 5.33. The molecule has 1 N–H and O–H groups in total. The Kier molecular flexibility index (Phi) is 6.47. The van der Waals surface area contributed by atoms with Gasteiger partial charge in [-0.05, 0) is 43.2 Å². The lowest BCUT2D eigenvalue weighted by Crippen LogP contribution is -2.15. The lowest BCUT2D eigenvalue weighted by Gasteiger charge is -2.10. The van der Waals surface area contributed by atoms with E-state index in [4.69, 9.17) is 11.6 Å². The number of amides is 1. The van der Waals surface area contributed by atoms with E-state index in [0.717, 1.165) is 35.6 Å². The molecule has 0 radical (unpaired) electrons. The van der Waals surface area contributed by atoms with Crippen LogP contribution >= 0.6 is 23.4 Å². The summed E-state index contributed by atoms with van der Waals surface area (Å²) in [4.78, 5) is 16.5. The van der Waals surface area contributed by atoms with Gasteiger partial charge in [0, 0.05) is 35.2 Å². The zero-order valence-corrected chi connectivity index (χ0v) is 16.7. The van der Waals surface area contributed by atoms with Crippen LogP contribution in [0.15, 0.2) is 47.9 Å². The molecular weight excluding hydrogens is 382 g/mol. The van der Waals surface area contributed by atoms with E-state index in [1.165, 1.54) is 11.8 Å². The number of carbonyl (C=O) groups is 1. The van der Waals surface area contributed by atoms with Crippen LogP contribution in [0.5, 0.6) is 0 Å². The van der Waals surface area contributed by atoms with Gasteiger partial charge in [-0.25, -0.2) is 0 Å². The van der Waals surface area contributed by atoms with Crippen molar-refractivity contribution < 1.29 is 4.79 Å². The summed E-state index contributed by atoms with van der Waals surface area (Å²) in [5.41, 5.74) is 2.48. The van der Waals surface area contributed by atoms with Crippen molar-refractivity contribution in [1.29, 1.82) is 0 Å². The second-order valence-corrected chi connectivity index (χ2v) is 7.30. The van der Waals surface area contributed by atoms with Crippen molar-refractivity contribution in [2.75, 3.05) is 11.1 Å². The lowest BCUT2D eigenvalue weighted by molar-refractivity contribution is -0.113. The maximum absolute atomic E-state index is 12.4. The molecule has 0 atom stereocenters. The molecule has 0 fully saturated rings. The topological polar surface area (TPSA) is 72.7 Å². The second-order valence-electron chi connectivity index (χ2n) is 5.95. The molecule has 3 aromatic rings. The molecule has 2 heterocycles. The summed E-state index contributed by atoms with van der Waals surface area (Å²) < 4.78 is 2.03. The highest BCUT2D eigenvalue weighted by molar-refractivity contribution is 7.99. The van der Waals surface area contributed by atoms with Crippen LogP contribution in [0.4, 0.5) is 5.69 Å². The first-order valence-corrected chi connectivity index (χ1v) is 9.98. The number of hydrogen-bond acceptors (Lipinski definition) is 5. The predicted molar refractivity (Wildman–Crippen MR) is 109 cm³/mol. The SMILES string of the molecule is CCCn1c(SCC(=O)Nc2cccc(Cl)c2C)nnc1-c1cccnc1. The molecule has 6 nitrogen and oxygen atoms in total. The standard InChI is InChI=1S/C19H20ClN5OS/c1-3-10-25-18(14-6-5-9-21-11-14)23-24-19(25)27-12-17(26)22-16-8-4-7-15(20)13(16)2/h4-9,11H,3,10,12H2,1-2H3,(H,22,26). The van der Waals surface area contributed by atoms with Gasteiger partial charge >= 0.3 is 0 Å². The highest BCUT2D eigenvalue weighted by atomic mass is 35.5. The Bertz CT molecular complexity index is 929. The number of pyridine rings is 1. The number of nitrogens with one attached hydrogen (secondary N) is 1. The van der Waals surface area contributed by atoms with Crippen molar-refractivity contribution in [3.63, 3.8) is 0 Å². The molecule has 27 heavy (non-hydrogen) atoms. The Morgan fingerprint density at radius 3 is 2.85 bits per heavy atom. The van der Waals surface area contributed by atoms with Crippen molar-refractivity contribution in [3.05, 3.63) is 53.3 Å². The molecule has 0 spiro atoms. The normalized spacial score (nSPS) is 10.8. The minimum Gasteiger partial charge on any atom is -0.325 e. The Morgan fingerprint density at radius 2 is 2.11 bits per heavy atom. The van der Waals surface area contributed by atoms with Gasteiger partial charge in [0.2, 0.25) is 5.91 Å². The van der Waals surface area contributed by atoms with E-state index in [1.807, 2.05) is 35.8 Å². The van der Waals surface area contributed by atoms with Crippen LogP contribution in [0.3, 0.4) is 0 Å². The van der Waals surface area contributed by atoms with E-state index >= 15 is 0 Å². The van der Waals surface area contributed by atoms with Gasteiger partial charge in [0.1, 0.15) is 0 Å². The molecule has 0 bridgehead atoms. The number of halogens is 1. The minimum atomic E-state index is -0.112. The molecule has 0 saturated carbocycles. The number of anilines is 1. The summed E-state index contributed by atoms with van der Waals surface area (Å²) in [6.07, 6.45) is 4.42. The van der Waals surface area contributed by atoms with Gasteiger partial charge in [0.25, 0.3) is 0 Å². The highest BCUT2D eigenvalue weighted by Crippen LogP contribution is 2.25. The van der Waals surface area contributed by atoms with E-state index < -0.39 is 0 Å². The first kappa shape index (κ1) is 19.4. The van der Waals surface area contributed by atoms with Crippen LogP contribution in [0.25, 0.3) is 11.4 Å². The highest BCUT2D eigenvalue weighted by Gasteiger charge is 2.15. The number of benzene rings is 1. The van der Waals surface area contributed by atoms with Crippen molar-refractivity contribution in [2.24, 2.45) is 0 Å². The van der Waals surface area contributed by atoms with Gasteiger partial charge < -0.3 is 9.88 Å². The largest absolute Gasteiger partial charge is 0.325 e. The van der Waals surface area contributed by atoms with Crippen LogP contribution in [0.2, 0.25) is 5.02 Å². The third-order valence-electron chi connectivity index (χ3n) is 3.96. The fraction of sp³-hybridized carbons (Fsp3) is 0.263. The van der Waals surface area contributed by atoms with Crippen molar-refractivity contribution in [2.45, 2.75) is 32.0 Å². The maximum Gasteiger partial charge on any atom is 0.234 e. The van der Waals surface area contributed by atoms with Crippen LogP contribution in [-0.4, -0.2) is 31.4 Å². The monoisotopic (exact) mass is 401 g/mol. The van der Waals surface area contributed by atoms with Crippen LogP contribution < -0.4 is 5.32 Å². The molecule has 1 amide bonds. The average molecular weight is 402 g/mol. The van der Waals surface area contributed by atoms with E-state index in [1.54, 1.807) is 18.5 Å². The average Bonchev–Trinajstić information content (AvgIpc) is 3.07. The van der Waals surface area contributed by atoms with Gasteiger partial charge in [-0.15, -0.1) is 10.2 Å². The van der Waals surface area contributed by atoms with Crippen LogP contribution in [0.1, 0.15) is 18.9 Å². The van der Waals surface area contributed by atoms with Gasteiger partial charge in [-0.1, -0.05) is 36.4 Å². The minimum absolute atomic E-state index is 0.112. The molecule has 0 aliphatic carbocycles. The molecule has 3 rings (SSSR count).